The maximum atomic E-state index is 12.0. The van der Waals surface area contributed by atoms with E-state index in [9.17, 15) is 9.59 Å². The van der Waals surface area contributed by atoms with E-state index in [1.807, 2.05) is 44.2 Å². The highest BCUT2D eigenvalue weighted by Gasteiger charge is 2.41. The number of rotatable bonds is 4. The number of amides is 1. The molecule has 0 radical (unpaired) electrons. The Kier molecular flexibility index (Phi) is 4.04. The van der Waals surface area contributed by atoms with Crippen LogP contribution in [0.15, 0.2) is 30.3 Å². The number of benzene rings is 1. The molecule has 5 nitrogen and oxygen atoms in total. The minimum atomic E-state index is -0.726. The molecule has 0 saturated carbocycles. The van der Waals surface area contributed by atoms with Crippen LogP contribution in [0.1, 0.15) is 19.4 Å². The predicted octanol–water partition coefficient (Wildman–Crippen LogP) is 1.86. The second kappa shape index (κ2) is 5.73. The van der Waals surface area contributed by atoms with Crippen molar-refractivity contribution in [1.29, 1.82) is 0 Å². The van der Waals surface area contributed by atoms with Gasteiger partial charge in [0.25, 0.3) is 0 Å². The van der Waals surface area contributed by atoms with E-state index in [0.717, 1.165) is 5.56 Å². The van der Waals surface area contributed by atoms with Gasteiger partial charge in [-0.2, -0.15) is 0 Å². The van der Waals surface area contributed by atoms with Gasteiger partial charge < -0.3 is 14.8 Å². The fraction of sp³-hybridized carbons (Fsp3) is 0.429. The lowest BCUT2D eigenvalue weighted by molar-refractivity contribution is -0.149. The first kappa shape index (κ1) is 13.4. The summed E-state index contributed by atoms with van der Waals surface area (Å²) in [6.45, 7) is 3.97. The topological polar surface area (TPSA) is 64.6 Å². The molecule has 102 valence electrons. The molecule has 2 rings (SSSR count). The van der Waals surface area contributed by atoms with Crippen LogP contribution in [0.4, 0.5) is 4.79 Å². The fourth-order valence-corrected chi connectivity index (χ4v) is 1.97. The molecule has 1 fully saturated rings. The van der Waals surface area contributed by atoms with E-state index in [1.165, 1.54) is 0 Å². The zero-order chi connectivity index (χ0) is 13.8. The van der Waals surface area contributed by atoms with Crippen LogP contribution in [0.2, 0.25) is 0 Å². The summed E-state index contributed by atoms with van der Waals surface area (Å²) in [4.78, 5) is 23.2. The van der Waals surface area contributed by atoms with Gasteiger partial charge in [0, 0.05) is 0 Å². The Balaban J connectivity index is 1.94. The molecule has 0 spiro atoms. The molecule has 1 saturated heterocycles. The number of esters is 1. The monoisotopic (exact) mass is 263 g/mol. The molecular formula is C14H17NO4. The van der Waals surface area contributed by atoms with Gasteiger partial charge in [-0.05, 0) is 11.5 Å². The van der Waals surface area contributed by atoms with E-state index in [1.54, 1.807) is 0 Å². The van der Waals surface area contributed by atoms with E-state index >= 15 is 0 Å². The molecule has 2 unspecified atom stereocenters. The Morgan fingerprint density at radius 1 is 1.37 bits per heavy atom. The molecule has 1 aliphatic rings. The summed E-state index contributed by atoms with van der Waals surface area (Å²) in [7, 11) is 0. The molecule has 1 amide bonds. The third-order valence-corrected chi connectivity index (χ3v) is 2.98. The SMILES string of the molecule is CC(C)C1OC(=O)NC1C(=O)OCc1ccccc1. The maximum absolute atomic E-state index is 12.0. The molecular weight excluding hydrogens is 246 g/mol. The van der Waals surface area contributed by atoms with Crippen LogP contribution in [-0.4, -0.2) is 24.2 Å². The van der Waals surface area contributed by atoms with Crippen molar-refractivity contribution in [3.05, 3.63) is 35.9 Å². The number of nitrogens with one attached hydrogen (secondary N) is 1. The molecule has 1 aliphatic heterocycles. The van der Waals surface area contributed by atoms with Crippen molar-refractivity contribution in [2.24, 2.45) is 5.92 Å². The standard InChI is InChI=1S/C14H17NO4/c1-9(2)12-11(15-14(17)19-12)13(16)18-8-10-6-4-3-5-7-10/h3-7,9,11-12H,8H2,1-2H3,(H,15,17). The van der Waals surface area contributed by atoms with E-state index < -0.39 is 24.2 Å². The highest BCUT2D eigenvalue weighted by atomic mass is 16.6. The van der Waals surface area contributed by atoms with E-state index in [4.69, 9.17) is 9.47 Å². The van der Waals surface area contributed by atoms with Gasteiger partial charge in [-0.3, -0.25) is 0 Å². The molecule has 2 atom stereocenters. The van der Waals surface area contributed by atoms with Crippen LogP contribution in [0.5, 0.6) is 0 Å². The lowest BCUT2D eigenvalue weighted by atomic mass is 10.0. The zero-order valence-corrected chi connectivity index (χ0v) is 11.0. The number of cyclic esters (lactones) is 1. The maximum Gasteiger partial charge on any atom is 0.408 e. The Labute approximate surface area is 111 Å². The highest BCUT2D eigenvalue weighted by molar-refractivity contribution is 5.85. The number of ether oxygens (including phenoxy) is 2. The molecule has 0 aromatic heterocycles. The summed E-state index contributed by atoms with van der Waals surface area (Å²) in [6.07, 6.45) is -1.05. The number of carbonyl (C=O) groups excluding carboxylic acids is 2. The smallest absolute Gasteiger partial charge is 0.408 e. The fourth-order valence-electron chi connectivity index (χ4n) is 1.97. The lowest BCUT2D eigenvalue weighted by Crippen LogP contribution is -2.42. The zero-order valence-electron chi connectivity index (χ0n) is 11.0. The Morgan fingerprint density at radius 3 is 2.68 bits per heavy atom. The highest BCUT2D eigenvalue weighted by Crippen LogP contribution is 2.18. The van der Waals surface area contributed by atoms with Crippen molar-refractivity contribution < 1.29 is 19.1 Å². The second-order valence-corrected chi connectivity index (χ2v) is 4.83. The Morgan fingerprint density at radius 2 is 2.05 bits per heavy atom. The number of alkyl carbamates (subject to hydrolysis) is 1. The molecule has 1 heterocycles. The van der Waals surface area contributed by atoms with Gasteiger partial charge in [0.2, 0.25) is 0 Å². The largest absolute Gasteiger partial charge is 0.459 e. The van der Waals surface area contributed by atoms with Gasteiger partial charge >= 0.3 is 12.1 Å². The average molecular weight is 263 g/mol. The minimum Gasteiger partial charge on any atom is -0.459 e. The van der Waals surface area contributed by atoms with Crippen LogP contribution >= 0.6 is 0 Å². The average Bonchev–Trinajstić information content (AvgIpc) is 2.79. The summed E-state index contributed by atoms with van der Waals surface area (Å²) < 4.78 is 10.3. The van der Waals surface area contributed by atoms with Gasteiger partial charge in [-0.25, -0.2) is 9.59 Å². The molecule has 19 heavy (non-hydrogen) atoms. The van der Waals surface area contributed by atoms with Crippen LogP contribution in [0.25, 0.3) is 0 Å². The van der Waals surface area contributed by atoms with Crippen molar-refractivity contribution in [2.75, 3.05) is 0 Å². The van der Waals surface area contributed by atoms with Crippen molar-refractivity contribution in [2.45, 2.75) is 32.6 Å². The third kappa shape index (κ3) is 3.24. The molecule has 0 aliphatic carbocycles. The summed E-state index contributed by atoms with van der Waals surface area (Å²) in [5.74, 6) is -0.415. The van der Waals surface area contributed by atoms with Crippen LogP contribution in [0.3, 0.4) is 0 Å². The third-order valence-electron chi connectivity index (χ3n) is 2.98. The summed E-state index contributed by atoms with van der Waals surface area (Å²) >= 11 is 0. The quantitative estimate of drug-likeness (QED) is 0.842. The molecule has 5 heteroatoms. The first-order valence-electron chi connectivity index (χ1n) is 6.25. The summed E-state index contributed by atoms with van der Waals surface area (Å²) in [6, 6.07) is 8.66. The number of hydrogen-bond acceptors (Lipinski definition) is 4. The molecule has 1 aromatic rings. The van der Waals surface area contributed by atoms with Gasteiger partial charge in [0.05, 0.1) is 0 Å². The molecule has 1 N–H and O–H groups in total. The minimum absolute atomic E-state index is 0.0493. The van der Waals surface area contributed by atoms with Crippen LogP contribution in [-0.2, 0) is 20.9 Å². The van der Waals surface area contributed by atoms with Crippen LogP contribution in [0, 0.1) is 5.92 Å². The van der Waals surface area contributed by atoms with Crippen LogP contribution < -0.4 is 5.32 Å². The Bertz CT molecular complexity index is 458. The molecule has 0 bridgehead atoms. The van der Waals surface area contributed by atoms with Gasteiger partial charge in [0.1, 0.15) is 12.7 Å². The summed E-state index contributed by atoms with van der Waals surface area (Å²) in [5, 5.41) is 2.49. The lowest BCUT2D eigenvalue weighted by Gasteiger charge is -2.18. The first-order chi connectivity index (χ1) is 9.08. The van der Waals surface area contributed by atoms with Crippen molar-refractivity contribution in [3.8, 4) is 0 Å². The van der Waals surface area contributed by atoms with Gasteiger partial charge in [-0.1, -0.05) is 44.2 Å². The number of hydrogen-bond donors (Lipinski definition) is 1. The first-order valence-corrected chi connectivity index (χ1v) is 6.25. The predicted molar refractivity (Wildman–Crippen MR) is 68.3 cm³/mol. The van der Waals surface area contributed by atoms with Crippen molar-refractivity contribution in [1.82, 2.24) is 5.32 Å². The van der Waals surface area contributed by atoms with E-state index in [2.05, 4.69) is 5.32 Å². The van der Waals surface area contributed by atoms with Gasteiger partial charge in [-0.15, -0.1) is 0 Å². The number of carbonyl (C=O) groups is 2. The van der Waals surface area contributed by atoms with E-state index in [0.29, 0.717) is 0 Å². The summed E-state index contributed by atoms with van der Waals surface area (Å²) in [5.41, 5.74) is 0.905. The van der Waals surface area contributed by atoms with Crippen molar-refractivity contribution >= 4 is 12.1 Å². The van der Waals surface area contributed by atoms with Gasteiger partial charge in [0.15, 0.2) is 6.04 Å². The Hall–Kier alpha value is -2.04. The van der Waals surface area contributed by atoms with Crippen molar-refractivity contribution in [3.63, 3.8) is 0 Å². The second-order valence-electron chi connectivity index (χ2n) is 4.83. The molecule has 1 aromatic carbocycles. The van der Waals surface area contributed by atoms with E-state index in [-0.39, 0.29) is 12.5 Å². The normalized spacial score (nSPS) is 21.9.